The molecule has 1 atom stereocenters. The largest absolute Gasteiger partial charge is 0.491 e. The molecule has 1 unspecified atom stereocenters. The predicted molar refractivity (Wildman–Crippen MR) is 49.3 cm³/mol. The molecule has 0 aliphatic carbocycles. The number of nitrogens with two attached hydrogens (primary N) is 1. The SMILES string of the molecule is NC1COc2cc(Cl)ccc2C1=O. The maximum absolute atomic E-state index is 11.5. The van der Waals surface area contributed by atoms with Gasteiger partial charge < -0.3 is 10.5 Å². The third kappa shape index (κ3) is 1.41. The van der Waals surface area contributed by atoms with E-state index in [1.54, 1.807) is 18.2 Å². The topological polar surface area (TPSA) is 52.3 Å². The Balaban J connectivity index is 2.50. The van der Waals surface area contributed by atoms with Crippen molar-refractivity contribution in [3.8, 4) is 5.75 Å². The van der Waals surface area contributed by atoms with E-state index in [0.717, 1.165) is 0 Å². The van der Waals surface area contributed by atoms with Crippen molar-refractivity contribution < 1.29 is 9.53 Å². The highest BCUT2D eigenvalue weighted by atomic mass is 35.5. The van der Waals surface area contributed by atoms with Gasteiger partial charge in [0.2, 0.25) is 0 Å². The van der Waals surface area contributed by atoms with Crippen LogP contribution in [0.1, 0.15) is 10.4 Å². The van der Waals surface area contributed by atoms with Gasteiger partial charge in [0.05, 0.1) is 5.56 Å². The molecular weight excluding hydrogens is 190 g/mol. The molecule has 0 saturated carbocycles. The number of benzene rings is 1. The van der Waals surface area contributed by atoms with Gasteiger partial charge in [0, 0.05) is 5.02 Å². The van der Waals surface area contributed by atoms with E-state index in [4.69, 9.17) is 22.1 Å². The molecular formula is C9H8ClNO2. The lowest BCUT2D eigenvalue weighted by molar-refractivity contribution is 0.0900. The number of Topliss-reactive ketones (excluding diaryl/α,β-unsaturated/α-hetero) is 1. The van der Waals surface area contributed by atoms with Crippen LogP contribution in [0.3, 0.4) is 0 Å². The minimum atomic E-state index is -0.548. The molecule has 68 valence electrons. The Morgan fingerprint density at radius 1 is 1.54 bits per heavy atom. The summed E-state index contributed by atoms with van der Waals surface area (Å²) in [4.78, 5) is 11.5. The first-order valence-corrected chi connectivity index (χ1v) is 4.28. The number of fused-ring (bicyclic) bond motifs is 1. The van der Waals surface area contributed by atoms with E-state index in [-0.39, 0.29) is 12.4 Å². The van der Waals surface area contributed by atoms with E-state index in [2.05, 4.69) is 0 Å². The minimum absolute atomic E-state index is 0.0853. The summed E-state index contributed by atoms with van der Waals surface area (Å²) in [5, 5.41) is 0.557. The third-order valence-electron chi connectivity index (χ3n) is 1.96. The van der Waals surface area contributed by atoms with Gasteiger partial charge in [0.25, 0.3) is 0 Å². The van der Waals surface area contributed by atoms with E-state index < -0.39 is 6.04 Å². The van der Waals surface area contributed by atoms with Gasteiger partial charge in [-0.15, -0.1) is 0 Å². The fourth-order valence-corrected chi connectivity index (χ4v) is 1.44. The van der Waals surface area contributed by atoms with Gasteiger partial charge >= 0.3 is 0 Å². The number of hydrogen-bond donors (Lipinski definition) is 1. The monoisotopic (exact) mass is 197 g/mol. The lowest BCUT2D eigenvalue weighted by atomic mass is 10.0. The van der Waals surface area contributed by atoms with Gasteiger partial charge in [-0.25, -0.2) is 0 Å². The Kier molecular flexibility index (Phi) is 1.98. The average molecular weight is 198 g/mol. The summed E-state index contributed by atoms with van der Waals surface area (Å²) >= 11 is 5.74. The van der Waals surface area contributed by atoms with Crippen LogP contribution in [0.4, 0.5) is 0 Å². The van der Waals surface area contributed by atoms with E-state index in [0.29, 0.717) is 16.3 Å². The van der Waals surface area contributed by atoms with E-state index in [9.17, 15) is 4.79 Å². The highest BCUT2D eigenvalue weighted by molar-refractivity contribution is 6.31. The zero-order chi connectivity index (χ0) is 9.42. The van der Waals surface area contributed by atoms with Crippen molar-refractivity contribution in [2.75, 3.05) is 6.61 Å². The molecule has 4 heteroatoms. The van der Waals surface area contributed by atoms with Gasteiger partial charge in [-0.2, -0.15) is 0 Å². The summed E-state index contributed by atoms with van der Waals surface area (Å²) in [6.07, 6.45) is 0. The molecule has 0 bridgehead atoms. The number of carbonyl (C=O) groups is 1. The number of halogens is 1. The number of hydrogen-bond acceptors (Lipinski definition) is 3. The maximum atomic E-state index is 11.5. The lowest BCUT2D eigenvalue weighted by Gasteiger charge is -2.20. The third-order valence-corrected chi connectivity index (χ3v) is 2.20. The summed E-state index contributed by atoms with van der Waals surface area (Å²) in [5.74, 6) is 0.442. The Morgan fingerprint density at radius 3 is 3.08 bits per heavy atom. The van der Waals surface area contributed by atoms with Crippen molar-refractivity contribution in [1.29, 1.82) is 0 Å². The smallest absolute Gasteiger partial charge is 0.186 e. The number of rotatable bonds is 0. The zero-order valence-corrected chi connectivity index (χ0v) is 7.54. The van der Waals surface area contributed by atoms with E-state index in [1.165, 1.54) is 0 Å². The van der Waals surface area contributed by atoms with Crippen molar-refractivity contribution in [2.24, 2.45) is 5.73 Å². The molecule has 0 amide bonds. The van der Waals surface area contributed by atoms with Gasteiger partial charge in [-0.1, -0.05) is 11.6 Å². The van der Waals surface area contributed by atoms with Crippen molar-refractivity contribution in [2.45, 2.75) is 6.04 Å². The first kappa shape index (κ1) is 8.53. The van der Waals surface area contributed by atoms with Crippen LogP contribution in [0.2, 0.25) is 5.02 Å². The highest BCUT2D eigenvalue weighted by Gasteiger charge is 2.25. The minimum Gasteiger partial charge on any atom is -0.491 e. The van der Waals surface area contributed by atoms with E-state index >= 15 is 0 Å². The average Bonchev–Trinajstić information content (AvgIpc) is 2.12. The molecule has 1 heterocycles. The molecule has 0 aromatic heterocycles. The highest BCUT2D eigenvalue weighted by Crippen LogP contribution is 2.27. The molecule has 2 rings (SSSR count). The second-order valence-electron chi connectivity index (χ2n) is 2.92. The van der Waals surface area contributed by atoms with Crippen LogP contribution in [0.5, 0.6) is 5.75 Å². The zero-order valence-electron chi connectivity index (χ0n) is 6.79. The Bertz CT molecular complexity index is 365. The van der Waals surface area contributed by atoms with E-state index in [1.807, 2.05) is 0 Å². The van der Waals surface area contributed by atoms with Crippen molar-refractivity contribution in [3.05, 3.63) is 28.8 Å². The van der Waals surface area contributed by atoms with Gasteiger partial charge in [0.1, 0.15) is 18.4 Å². The molecule has 1 aliphatic heterocycles. The number of carbonyl (C=O) groups excluding carboxylic acids is 1. The van der Waals surface area contributed by atoms with Crippen LogP contribution in [-0.2, 0) is 0 Å². The van der Waals surface area contributed by atoms with Gasteiger partial charge in [0.15, 0.2) is 5.78 Å². The number of ether oxygens (including phenoxy) is 1. The second-order valence-corrected chi connectivity index (χ2v) is 3.36. The van der Waals surface area contributed by atoms with Crippen molar-refractivity contribution in [3.63, 3.8) is 0 Å². The molecule has 0 spiro atoms. The van der Waals surface area contributed by atoms with Crippen LogP contribution in [-0.4, -0.2) is 18.4 Å². The summed E-state index contributed by atoms with van der Waals surface area (Å²) in [7, 11) is 0. The molecule has 1 aromatic rings. The van der Waals surface area contributed by atoms with Crippen LogP contribution in [0.25, 0.3) is 0 Å². The van der Waals surface area contributed by atoms with Crippen LogP contribution < -0.4 is 10.5 Å². The molecule has 3 nitrogen and oxygen atoms in total. The normalized spacial score (nSPS) is 20.8. The van der Waals surface area contributed by atoms with Gasteiger partial charge in [-0.3, -0.25) is 4.79 Å². The fraction of sp³-hybridized carbons (Fsp3) is 0.222. The Labute approximate surface area is 80.4 Å². The van der Waals surface area contributed by atoms with Crippen LogP contribution in [0.15, 0.2) is 18.2 Å². The Morgan fingerprint density at radius 2 is 2.31 bits per heavy atom. The summed E-state index contributed by atoms with van der Waals surface area (Å²) in [5.41, 5.74) is 6.04. The summed E-state index contributed by atoms with van der Waals surface area (Å²) in [6, 6.07) is 4.37. The lowest BCUT2D eigenvalue weighted by Crippen LogP contribution is -2.40. The molecule has 0 fully saturated rings. The first-order valence-electron chi connectivity index (χ1n) is 3.90. The first-order chi connectivity index (χ1) is 6.18. The van der Waals surface area contributed by atoms with Crippen molar-refractivity contribution in [1.82, 2.24) is 0 Å². The summed E-state index contributed by atoms with van der Waals surface area (Å²) < 4.78 is 5.26. The number of ketones is 1. The molecule has 1 aliphatic rings. The standard InChI is InChI=1S/C9H8ClNO2/c10-5-1-2-6-8(3-5)13-4-7(11)9(6)12/h1-3,7H,4,11H2. The molecule has 13 heavy (non-hydrogen) atoms. The molecule has 0 radical (unpaired) electrons. The van der Waals surface area contributed by atoms with Gasteiger partial charge in [-0.05, 0) is 18.2 Å². The molecule has 1 aromatic carbocycles. The predicted octanol–water partition coefficient (Wildman–Crippen LogP) is 1.24. The second kappa shape index (κ2) is 3.01. The van der Waals surface area contributed by atoms with Crippen molar-refractivity contribution >= 4 is 17.4 Å². The fourth-order valence-electron chi connectivity index (χ4n) is 1.27. The van der Waals surface area contributed by atoms with Crippen LogP contribution in [0, 0.1) is 0 Å². The summed E-state index contributed by atoms with van der Waals surface area (Å²) in [6.45, 7) is 0.228. The molecule has 0 saturated heterocycles. The Hall–Kier alpha value is -1.06. The maximum Gasteiger partial charge on any atom is 0.186 e. The quantitative estimate of drug-likeness (QED) is 0.681. The molecule has 2 N–H and O–H groups in total. The van der Waals surface area contributed by atoms with Crippen LogP contribution >= 0.6 is 11.6 Å².